The first-order valence-corrected chi connectivity index (χ1v) is 8.25. The summed E-state index contributed by atoms with van der Waals surface area (Å²) in [5.74, 6) is 0.245. The number of ether oxygens (including phenoxy) is 1. The number of hydrogen-bond acceptors (Lipinski definition) is 4. The number of hydrogen-bond donors (Lipinski definition) is 1. The fraction of sp³-hybridized carbons (Fsp3) is 0.278. The first kappa shape index (κ1) is 18.7. The zero-order valence-corrected chi connectivity index (χ0v) is 15.2. The Morgan fingerprint density at radius 1 is 1.28 bits per heavy atom. The highest BCUT2D eigenvalue weighted by atomic mass is 32.1. The Morgan fingerprint density at radius 3 is 2.56 bits per heavy atom. The Hall–Kier alpha value is -2.67. The van der Waals surface area contributed by atoms with E-state index in [9.17, 15) is 10.1 Å². The van der Waals surface area contributed by atoms with Crippen LogP contribution in [0.1, 0.15) is 12.5 Å². The summed E-state index contributed by atoms with van der Waals surface area (Å²) in [7, 11) is 3.60. The lowest BCUT2D eigenvalue weighted by molar-refractivity contribution is -0.386. The van der Waals surface area contributed by atoms with E-state index in [1.165, 1.54) is 6.07 Å². The van der Waals surface area contributed by atoms with Crippen LogP contribution < -0.4 is 10.1 Å². The second kappa shape index (κ2) is 8.43. The lowest BCUT2D eigenvalue weighted by Crippen LogP contribution is -2.27. The second-order valence-corrected chi connectivity index (χ2v) is 6.27. The zero-order valence-electron chi connectivity index (χ0n) is 14.4. The third kappa shape index (κ3) is 5.42. The molecular formula is C18H21N3O3S. The van der Waals surface area contributed by atoms with E-state index >= 15 is 0 Å². The molecule has 0 saturated heterocycles. The molecule has 1 atom stereocenters. The van der Waals surface area contributed by atoms with E-state index in [1.54, 1.807) is 31.1 Å². The van der Waals surface area contributed by atoms with E-state index in [4.69, 9.17) is 17.0 Å². The van der Waals surface area contributed by atoms with Crippen LogP contribution in [0.25, 0.3) is 0 Å². The molecule has 6 nitrogen and oxygen atoms in total. The molecule has 0 amide bonds. The number of anilines is 1. The van der Waals surface area contributed by atoms with E-state index < -0.39 is 4.92 Å². The van der Waals surface area contributed by atoms with Gasteiger partial charge in [0.2, 0.25) is 0 Å². The number of rotatable bonds is 6. The van der Waals surface area contributed by atoms with Gasteiger partial charge in [-0.25, -0.2) is 0 Å². The third-order valence-electron chi connectivity index (χ3n) is 3.51. The topological polar surface area (TPSA) is 67.6 Å². The molecular weight excluding hydrogens is 338 g/mol. The number of nitrogens with zero attached hydrogens (tertiary/aromatic N) is 2. The lowest BCUT2D eigenvalue weighted by Gasteiger charge is -2.17. The molecule has 2 aromatic rings. The van der Waals surface area contributed by atoms with Crippen LogP contribution in [0.15, 0.2) is 48.5 Å². The molecule has 0 bridgehead atoms. The highest BCUT2D eigenvalue weighted by Crippen LogP contribution is 2.31. The highest BCUT2D eigenvalue weighted by molar-refractivity contribution is 7.80. The van der Waals surface area contributed by atoms with Crippen LogP contribution in [-0.2, 0) is 6.42 Å². The number of benzene rings is 2. The zero-order chi connectivity index (χ0) is 18.4. The Labute approximate surface area is 152 Å². The molecule has 1 unspecified atom stereocenters. The van der Waals surface area contributed by atoms with Gasteiger partial charge in [0, 0.05) is 32.3 Å². The minimum absolute atomic E-state index is 0.0912. The molecule has 0 fully saturated rings. The summed E-state index contributed by atoms with van der Waals surface area (Å²) in [6, 6.07) is 14.6. The molecule has 0 aliphatic carbocycles. The van der Waals surface area contributed by atoms with Crippen LogP contribution >= 0.6 is 12.2 Å². The Balaban J connectivity index is 2.14. The van der Waals surface area contributed by atoms with E-state index in [0.717, 1.165) is 5.56 Å². The molecule has 1 N–H and O–H groups in total. The van der Waals surface area contributed by atoms with Gasteiger partial charge in [0.05, 0.1) is 4.92 Å². The van der Waals surface area contributed by atoms with Gasteiger partial charge in [-0.1, -0.05) is 30.3 Å². The van der Waals surface area contributed by atoms with Crippen LogP contribution in [0.2, 0.25) is 0 Å². The van der Waals surface area contributed by atoms with Crippen molar-refractivity contribution in [1.82, 2.24) is 4.90 Å². The van der Waals surface area contributed by atoms with Gasteiger partial charge in [-0.3, -0.25) is 10.1 Å². The van der Waals surface area contributed by atoms with Crippen LogP contribution in [0, 0.1) is 10.1 Å². The number of nitrogens with one attached hydrogen (secondary N) is 1. The molecule has 0 heterocycles. The maximum atomic E-state index is 11.4. The van der Waals surface area contributed by atoms with Crippen LogP contribution in [-0.4, -0.2) is 35.1 Å². The number of nitro benzene ring substituents is 1. The van der Waals surface area contributed by atoms with Gasteiger partial charge >= 0.3 is 5.69 Å². The predicted molar refractivity (Wildman–Crippen MR) is 103 cm³/mol. The third-order valence-corrected chi connectivity index (χ3v) is 3.97. The largest absolute Gasteiger partial charge is 0.483 e. The Morgan fingerprint density at radius 2 is 1.96 bits per heavy atom. The Kier molecular flexibility index (Phi) is 6.30. The molecule has 0 aliphatic rings. The first-order chi connectivity index (χ1) is 11.9. The van der Waals surface area contributed by atoms with Crippen molar-refractivity contribution in [2.45, 2.75) is 19.4 Å². The molecule has 0 radical (unpaired) electrons. The molecule has 7 heteroatoms. The number of nitro groups is 1. The van der Waals surface area contributed by atoms with Crippen molar-refractivity contribution in [1.29, 1.82) is 0 Å². The van der Waals surface area contributed by atoms with Crippen molar-refractivity contribution >= 4 is 28.7 Å². The molecule has 2 rings (SSSR count). The maximum absolute atomic E-state index is 11.4. The van der Waals surface area contributed by atoms with Gasteiger partial charge in [-0.2, -0.15) is 0 Å². The molecule has 2 aromatic carbocycles. The lowest BCUT2D eigenvalue weighted by atomic mass is 10.1. The van der Waals surface area contributed by atoms with E-state index in [0.29, 0.717) is 17.2 Å². The highest BCUT2D eigenvalue weighted by Gasteiger charge is 2.19. The smallest absolute Gasteiger partial charge is 0.313 e. The maximum Gasteiger partial charge on any atom is 0.313 e. The second-order valence-electron chi connectivity index (χ2n) is 5.88. The normalized spacial score (nSPS) is 11.5. The van der Waals surface area contributed by atoms with Gasteiger partial charge < -0.3 is 15.0 Å². The molecule has 25 heavy (non-hydrogen) atoms. The van der Waals surface area contributed by atoms with E-state index in [1.807, 2.05) is 37.3 Å². The van der Waals surface area contributed by atoms with E-state index in [-0.39, 0.29) is 17.5 Å². The van der Waals surface area contributed by atoms with Crippen LogP contribution in [0.4, 0.5) is 11.4 Å². The van der Waals surface area contributed by atoms with Crippen molar-refractivity contribution in [3.63, 3.8) is 0 Å². The predicted octanol–water partition coefficient (Wildman–Crippen LogP) is 3.86. The molecule has 132 valence electrons. The Bertz CT molecular complexity index is 750. The van der Waals surface area contributed by atoms with Crippen molar-refractivity contribution < 1.29 is 9.66 Å². The summed E-state index contributed by atoms with van der Waals surface area (Å²) in [6.45, 7) is 1.89. The quantitative estimate of drug-likeness (QED) is 0.480. The summed E-state index contributed by atoms with van der Waals surface area (Å²) in [5, 5.41) is 14.8. The minimum atomic E-state index is -0.450. The van der Waals surface area contributed by atoms with Gasteiger partial charge in [-0.05, 0) is 36.8 Å². The minimum Gasteiger partial charge on any atom is -0.483 e. The van der Waals surface area contributed by atoms with Crippen molar-refractivity contribution in [2.24, 2.45) is 0 Å². The average Bonchev–Trinajstić information content (AvgIpc) is 2.56. The van der Waals surface area contributed by atoms with Gasteiger partial charge in [0.1, 0.15) is 6.10 Å². The molecule has 0 spiro atoms. The van der Waals surface area contributed by atoms with Gasteiger partial charge in [0.25, 0.3) is 0 Å². The van der Waals surface area contributed by atoms with Crippen LogP contribution in [0.3, 0.4) is 0 Å². The molecule has 0 aliphatic heterocycles. The fourth-order valence-corrected chi connectivity index (χ4v) is 2.40. The van der Waals surface area contributed by atoms with Crippen molar-refractivity contribution in [3.05, 3.63) is 64.2 Å². The summed E-state index contributed by atoms with van der Waals surface area (Å²) in [4.78, 5) is 12.7. The standard InChI is InChI=1S/C18H21N3O3S/c1-13(11-14-7-5-4-6-8-14)24-17-10-9-15(12-16(17)21(22)23)19-18(25)20(2)3/h4-10,12-13H,11H2,1-3H3,(H,19,25). The summed E-state index contributed by atoms with van der Waals surface area (Å²) >= 11 is 5.16. The van der Waals surface area contributed by atoms with Crippen LogP contribution in [0.5, 0.6) is 5.75 Å². The monoisotopic (exact) mass is 359 g/mol. The first-order valence-electron chi connectivity index (χ1n) is 7.84. The summed E-state index contributed by atoms with van der Waals surface area (Å²) in [5.41, 5.74) is 1.58. The molecule has 0 saturated carbocycles. The molecule has 0 aromatic heterocycles. The average molecular weight is 359 g/mol. The summed E-state index contributed by atoms with van der Waals surface area (Å²) in [6.07, 6.45) is 0.477. The summed E-state index contributed by atoms with van der Waals surface area (Å²) < 4.78 is 5.81. The SMILES string of the molecule is CC(Cc1ccccc1)Oc1ccc(NC(=S)N(C)C)cc1[N+](=O)[O-]. The number of thiocarbonyl (C=S) groups is 1. The van der Waals surface area contributed by atoms with E-state index in [2.05, 4.69) is 5.32 Å². The van der Waals surface area contributed by atoms with Gasteiger partial charge in [-0.15, -0.1) is 0 Å². The van der Waals surface area contributed by atoms with Crippen molar-refractivity contribution in [2.75, 3.05) is 19.4 Å². The fourth-order valence-electron chi connectivity index (χ4n) is 2.28. The van der Waals surface area contributed by atoms with Gasteiger partial charge in [0.15, 0.2) is 10.9 Å². The van der Waals surface area contributed by atoms with Crippen molar-refractivity contribution in [3.8, 4) is 5.75 Å².